The normalized spacial score (nSPS) is 20.9. The lowest BCUT2D eigenvalue weighted by atomic mass is 10.0. The van der Waals surface area contributed by atoms with Gasteiger partial charge in [-0.1, -0.05) is 30.0 Å². The van der Waals surface area contributed by atoms with E-state index < -0.39 is 0 Å². The van der Waals surface area contributed by atoms with Crippen molar-refractivity contribution in [1.29, 1.82) is 0 Å². The third-order valence-electron chi connectivity index (χ3n) is 3.75. The first-order valence-electron chi connectivity index (χ1n) is 7.17. The highest BCUT2D eigenvalue weighted by Crippen LogP contribution is 2.31. The molecule has 0 saturated carbocycles. The molecule has 0 spiro atoms. The van der Waals surface area contributed by atoms with E-state index in [4.69, 9.17) is 4.74 Å². The average molecular weight is 306 g/mol. The van der Waals surface area contributed by atoms with E-state index in [0.717, 1.165) is 30.0 Å². The number of thioether (sulfide) groups is 1. The van der Waals surface area contributed by atoms with E-state index in [2.05, 4.69) is 5.32 Å². The molecule has 0 unspecified atom stereocenters. The Kier molecular flexibility index (Phi) is 4.34. The van der Waals surface area contributed by atoms with E-state index >= 15 is 0 Å². The Morgan fingerprint density at radius 2 is 2.29 bits per heavy atom. The molecule has 2 heterocycles. The minimum absolute atomic E-state index is 0.00565. The number of rotatable bonds is 4. The lowest BCUT2D eigenvalue weighted by Crippen LogP contribution is -2.35. The van der Waals surface area contributed by atoms with Crippen LogP contribution in [0.5, 0.6) is 5.75 Å². The fraction of sp³-hybridized carbons (Fsp3) is 0.467. The summed E-state index contributed by atoms with van der Waals surface area (Å²) in [7, 11) is 0. The highest BCUT2D eigenvalue weighted by molar-refractivity contribution is 8.13. The third kappa shape index (κ3) is 3.32. The number of fused-ring (bicyclic) bond motifs is 1. The van der Waals surface area contributed by atoms with E-state index in [1.165, 1.54) is 11.8 Å². The summed E-state index contributed by atoms with van der Waals surface area (Å²) in [6.45, 7) is 1.86. The van der Waals surface area contributed by atoms with Crippen LogP contribution in [0.15, 0.2) is 24.3 Å². The van der Waals surface area contributed by atoms with Gasteiger partial charge >= 0.3 is 0 Å². The quantitative estimate of drug-likeness (QED) is 0.926. The van der Waals surface area contributed by atoms with Crippen LogP contribution in [-0.2, 0) is 4.79 Å². The number of carbonyl (C=O) groups excluding carboxylic acids is 2. The molecule has 0 aromatic heterocycles. The van der Waals surface area contributed by atoms with Crippen LogP contribution in [0.25, 0.3) is 0 Å². The van der Waals surface area contributed by atoms with E-state index in [-0.39, 0.29) is 17.2 Å². The van der Waals surface area contributed by atoms with Gasteiger partial charge < -0.3 is 15.0 Å². The predicted octanol–water partition coefficient (Wildman–Crippen LogP) is 2.19. The largest absolute Gasteiger partial charge is 0.493 e. The lowest BCUT2D eigenvalue weighted by molar-refractivity contribution is -0.122. The summed E-state index contributed by atoms with van der Waals surface area (Å²) in [6.07, 6.45) is 1.13. The van der Waals surface area contributed by atoms with Gasteiger partial charge in [0.2, 0.25) is 5.91 Å². The van der Waals surface area contributed by atoms with Gasteiger partial charge in [0.15, 0.2) is 0 Å². The summed E-state index contributed by atoms with van der Waals surface area (Å²) >= 11 is 1.32. The Hall–Kier alpha value is -1.69. The van der Waals surface area contributed by atoms with Crippen molar-refractivity contribution in [2.45, 2.75) is 18.9 Å². The second kappa shape index (κ2) is 6.39. The number of hydrogen-bond acceptors (Lipinski definition) is 4. The molecule has 3 rings (SSSR count). The molecule has 112 valence electrons. The van der Waals surface area contributed by atoms with Crippen molar-refractivity contribution in [1.82, 2.24) is 10.2 Å². The molecular weight excluding hydrogens is 288 g/mol. The van der Waals surface area contributed by atoms with Crippen LogP contribution < -0.4 is 10.1 Å². The van der Waals surface area contributed by atoms with Gasteiger partial charge in [0, 0.05) is 37.2 Å². The van der Waals surface area contributed by atoms with Gasteiger partial charge in [0.1, 0.15) is 5.75 Å². The van der Waals surface area contributed by atoms with E-state index in [0.29, 0.717) is 19.6 Å². The van der Waals surface area contributed by atoms with Crippen LogP contribution >= 0.6 is 11.8 Å². The molecule has 1 fully saturated rings. The van der Waals surface area contributed by atoms with Crippen molar-refractivity contribution in [3.63, 3.8) is 0 Å². The fourth-order valence-corrected chi connectivity index (χ4v) is 3.48. The molecule has 0 aliphatic carbocycles. The minimum Gasteiger partial charge on any atom is -0.493 e. The van der Waals surface area contributed by atoms with Crippen LogP contribution in [0.4, 0.5) is 4.79 Å². The molecule has 1 saturated heterocycles. The number of nitrogens with zero attached hydrogens (tertiary/aromatic N) is 1. The molecule has 0 bridgehead atoms. The van der Waals surface area contributed by atoms with Crippen molar-refractivity contribution < 1.29 is 14.3 Å². The summed E-state index contributed by atoms with van der Waals surface area (Å²) in [5.74, 6) is 1.66. The van der Waals surface area contributed by atoms with Gasteiger partial charge in [-0.15, -0.1) is 0 Å². The number of amides is 2. The zero-order chi connectivity index (χ0) is 14.7. The lowest BCUT2D eigenvalue weighted by Gasteiger charge is -2.27. The Balaban J connectivity index is 1.55. The third-order valence-corrected chi connectivity index (χ3v) is 4.64. The number of carbonyl (C=O) groups is 2. The molecule has 21 heavy (non-hydrogen) atoms. The summed E-state index contributed by atoms with van der Waals surface area (Å²) in [4.78, 5) is 25.3. The van der Waals surface area contributed by atoms with Crippen molar-refractivity contribution in [2.24, 2.45) is 0 Å². The van der Waals surface area contributed by atoms with Gasteiger partial charge in [-0.25, -0.2) is 0 Å². The number of benzene rings is 1. The standard InChI is InChI=1S/C15H18N2O3S/c18-14(5-7-17-8-10-21-15(17)19)16-12-6-9-20-13-4-2-1-3-11(12)13/h1-4,12H,5-10H2,(H,16,18)/t12-/m0/s1. The number of ether oxygens (including phenoxy) is 1. The molecular formula is C15H18N2O3S. The van der Waals surface area contributed by atoms with E-state index in [9.17, 15) is 9.59 Å². The second-order valence-electron chi connectivity index (χ2n) is 5.15. The summed E-state index contributed by atoms with van der Waals surface area (Å²) in [6, 6.07) is 7.80. The van der Waals surface area contributed by atoms with Crippen molar-refractivity contribution in [2.75, 3.05) is 25.4 Å². The molecule has 5 nitrogen and oxygen atoms in total. The highest BCUT2D eigenvalue weighted by Gasteiger charge is 2.24. The zero-order valence-corrected chi connectivity index (χ0v) is 12.5. The fourth-order valence-electron chi connectivity index (χ4n) is 2.62. The van der Waals surface area contributed by atoms with Crippen LogP contribution in [0.1, 0.15) is 24.4 Å². The maximum absolute atomic E-state index is 12.1. The molecule has 1 N–H and O–H groups in total. The Labute approximate surface area is 128 Å². The topological polar surface area (TPSA) is 58.6 Å². The van der Waals surface area contributed by atoms with E-state index in [1.807, 2.05) is 24.3 Å². The van der Waals surface area contributed by atoms with Crippen molar-refractivity contribution >= 4 is 22.9 Å². The summed E-state index contributed by atoms with van der Waals surface area (Å²) in [5, 5.41) is 3.13. The van der Waals surface area contributed by atoms with Crippen LogP contribution in [0, 0.1) is 0 Å². The molecule has 6 heteroatoms. The molecule has 1 aromatic carbocycles. The Morgan fingerprint density at radius 3 is 3.10 bits per heavy atom. The maximum Gasteiger partial charge on any atom is 0.281 e. The SMILES string of the molecule is O=C(CCN1CCSC1=O)N[C@H]1CCOc2ccccc21. The zero-order valence-electron chi connectivity index (χ0n) is 11.7. The van der Waals surface area contributed by atoms with Gasteiger partial charge in [-0.3, -0.25) is 9.59 Å². The Morgan fingerprint density at radius 1 is 1.43 bits per heavy atom. The molecule has 1 aromatic rings. The van der Waals surface area contributed by atoms with Crippen molar-refractivity contribution in [3.05, 3.63) is 29.8 Å². The first-order valence-corrected chi connectivity index (χ1v) is 8.15. The average Bonchev–Trinajstić information content (AvgIpc) is 2.91. The molecule has 2 aliphatic heterocycles. The number of hydrogen-bond donors (Lipinski definition) is 1. The van der Waals surface area contributed by atoms with Gasteiger partial charge in [0.25, 0.3) is 5.24 Å². The van der Waals surface area contributed by atoms with Crippen molar-refractivity contribution in [3.8, 4) is 5.75 Å². The maximum atomic E-state index is 12.1. The van der Waals surface area contributed by atoms with Crippen LogP contribution in [0.2, 0.25) is 0 Å². The summed E-state index contributed by atoms with van der Waals surface area (Å²) in [5.41, 5.74) is 1.03. The predicted molar refractivity (Wildman–Crippen MR) is 81.5 cm³/mol. The summed E-state index contributed by atoms with van der Waals surface area (Å²) < 4.78 is 5.58. The number of nitrogens with one attached hydrogen (secondary N) is 1. The minimum atomic E-state index is -0.0126. The van der Waals surface area contributed by atoms with Gasteiger partial charge in [-0.05, 0) is 6.07 Å². The van der Waals surface area contributed by atoms with Crippen LogP contribution in [-0.4, -0.2) is 41.5 Å². The monoisotopic (exact) mass is 306 g/mol. The molecule has 2 amide bonds. The molecule has 2 aliphatic rings. The van der Waals surface area contributed by atoms with E-state index in [1.54, 1.807) is 4.90 Å². The molecule has 1 atom stereocenters. The highest BCUT2D eigenvalue weighted by atomic mass is 32.2. The smallest absolute Gasteiger partial charge is 0.281 e. The second-order valence-corrected chi connectivity index (χ2v) is 6.19. The van der Waals surface area contributed by atoms with Gasteiger partial charge in [0.05, 0.1) is 12.6 Å². The molecule has 0 radical (unpaired) electrons. The first kappa shape index (κ1) is 14.3. The van der Waals surface area contributed by atoms with Crippen LogP contribution in [0.3, 0.4) is 0 Å². The van der Waals surface area contributed by atoms with Gasteiger partial charge in [-0.2, -0.15) is 0 Å². The first-order chi connectivity index (χ1) is 10.2. The number of para-hydroxylation sites is 1. The Bertz CT molecular complexity index is 549.